The highest BCUT2D eigenvalue weighted by molar-refractivity contribution is 5.79. The van der Waals surface area contributed by atoms with E-state index < -0.39 is 0 Å². The lowest BCUT2D eigenvalue weighted by Gasteiger charge is -2.21. The molecule has 0 aromatic carbocycles. The minimum atomic E-state index is -0.330. The number of fused-ring (bicyclic) bond motifs is 1. The zero-order valence-electron chi connectivity index (χ0n) is 10.9. The fourth-order valence-electron chi connectivity index (χ4n) is 1.82. The molecular formula is C13H14N4O. The molecule has 0 aliphatic carbocycles. The highest BCUT2D eigenvalue weighted by atomic mass is 16.1. The Balaban J connectivity index is 2.90. The highest BCUT2D eigenvalue weighted by Gasteiger charge is 2.19. The summed E-state index contributed by atoms with van der Waals surface area (Å²) >= 11 is 0. The molecule has 0 radical (unpaired) electrons. The maximum Gasteiger partial charge on any atom is 0.272 e. The quantitative estimate of drug-likeness (QED) is 0.666. The highest BCUT2D eigenvalue weighted by Crippen LogP contribution is 2.19. The molecule has 2 rings (SSSR count). The second kappa shape index (κ2) is 3.91. The Bertz CT molecular complexity index is 717. The molecule has 0 N–H and O–H groups in total. The molecule has 0 atom stereocenters. The molecule has 0 saturated heterocycles. The first-order valence-electron chi connectivity index (χ1n) is 5.61. The summed E-state index contributed by atoms with van der Waals surface area (Å²) in [6.45, 7) is 14.6. The van der Waals surface area contributed by atoms with Gasteiger partial charge in [0.2, 0.25) is 0 Å². The van der Waals surface area contributed by atoms with Gasteiger partial charge in [0.05, 0.1) is 0 Å². The summed E-state index contributed by atoms with van der Waals surface area (Å²) in [4.78, 5) is 23.9. The van der Waals surface area contributed by atoms with Gasteiger partial charge in [-0.05, 0) is 39.3 Å². The third kappa shape index (κ3) is 1.86. The van der Waals surface area contributed by atoms with Crippen molar-refractivity contribution in [1.29, 1.82) is 0 Å². The van der Waals surface area contributed by atoms with Gasteiger partial charge in [0.25, 0.3) is 17.0 Å². The molecule has 0 aliphatic rings. The van der Waals surface area contributed by atoms with E-state index in [0.29, 0.717) is 11.0 Å². The summed E-state index contributed by atoms with van der Waals surface area (Å²) in [7, 11) is 0. The van der Waals surface area contributed by atoms with Crippen molar-refractivity contribution in [3.63, 3.8) is 0 Å². The molecule has 2 aromatic heterocycles. The van der Waals surface area contributed by atoms with Crippen LogP contribution in [0.25, 0.3) is 15.9 Å². The Morgan fingerprint density at radius 1 is 1.39 bits per heavy atom. The van der Waals surface area contributed by atoms with Crippen molar-refractivity contribution < 1.29 is 0 Å². The van der Waals surface area contributed by atoms with E-state index in [0.717, 1.165) is 5.56 Å². The molecule has 0 bridgehead atoms. The van der Waals surface area contributed by atoms with Crippen molar-refractivity contribution in [1.82, 2.24) is 14.5 Å². The van der Waals surface area contributed by atoms with E-state index in [1.54, 1.807) is 17.6 Å². The van der Waals surface area contributed by atoms with Crippen molar-refractivity contribution in [3.8, 4) is 0 Å². The van der Waals surface area contributed by atoms with Gasteiger partial charge in [-0.2, -0.15) is 4.98 Å². The summed E-state index contributed by atoms with van der Waals surface area (Å²) in [5.41, 5.74) is 0.631. The van der Waals surface area contributed by atoms with Gasteiger partial charge in [0, 0.05) is 5.54 Å². The van der Waals surface area contributed by atoms with Crippen LogP contribution in [0, 0.1) is 13.5 Å². The predicted molar refractivity (Wildman–Crippen MR) is 69.8 cm³/mol. The zero-order valence-corrected chi connectivity index (χ0v) is 10.9. The summed E-state index contributed by atoms with van der Waals surface area (Å²) in [6, 6.07) is 1.62. The van der Waals surface area contributed by atoms with Crippen LogP contribution in [0.3, 0.4) is 0 Å². The second-order valence-electron chi connectivity index (χ2n) is 5.20. The van der Waals surface area contributed by atoms with Crippen LogP contribution >= 0.6 is 0 Å². The maximum absolute atomic E-state index is 12.4. The topological polar surface area (TPSA) is 52.1 Å². The minimum absolute atomic E-state index is 0.117. The minimum Gasteiger partial charge on any atom is -0.361 e. The number of hydrogen-bond donors (Lipinski definition) is 0. The SMILES string of the molecule is [C-]#[N+]c1cc(C)c2c(=O)n(C(C)(C)C)cnc2n1. The molecule has 0 aliphatic heterocycles. The summed E-state index contributed by atoms with van der Waals surface area (Å²) in [5.74, 6) is 0.264. The number of rotatable bonds is 0. The van der Waals surface area contributed by atoms with Crippen molar-refractivity contribution in [2.24, 2.45) is 0 Å². The van der Waals surface area contributed by atoms with Crippen LogP contribution in [0.4, 0.5) is 5.82 Å². The molecule has 2 heterocycles. The van der Waals surface area contributed by atoms with Crippen molar-refractivity contribution >= 4 is 16.9 Å². The van der Waals surface area contributed by atoms with Crippen LogP contribution in [0.2, 0.25) is 0 Å². The molecule has 0 unspecified atom stereocenters. The predicted octanol–water partition coefficient (Wildman–Crippen LogP) is 2.41. The van der Waals surface area contributed by atoms with E-state index in [2.05, 4.69) is 14.8 Å². The number of aromatic nitrogens is 3. The lowest BCUT2D eigenvalue weighted by Crippen LogP contribution is -2.34. The van der Waals surface area contributed by atoms with Gasteiger partial charge in [-0.1, -0.05) is 11.6 Å². The maximum atomic E-state index is 12.4. The van der Waals surface area contributed by atoms with Crippen molar-refractivity contribution in [2.45, 2.75) is 33.2 Å². The van der Waals surface area contributed by atoms with E-state index in [1.165, 1.54) is 6.33 Å². The van der Waals surface area contributed by atoms with E-state index in [4.69, 9.17) is 6.57 Å². The van der Waals surface area contributed by atoms with Gasteiger partial charge < -0.3 is 4.85 Å². The average molecular weight is 242 g/mol. The van der Waals surface area contributed by atoms with Crippen molar-refractivity contribution in [2.75, 3.05) is 0 Å². The van der Waals surface area contributed by atoms with Gasteiger partial charge >= 0.3 is 0 Å². The normalized spacial score (nSPS) is 11.5. The molecule has 2 aromatic rings. The first kappa shape index (κ1) is 12.2. The largest absolute Gasteiger partial charge is 0.361 e. The molecule has 0 fully saturated rings. The monoisotopic (exact) mass is 242 g/mol. The van der Waals surface area contributed by atoms with E-state index >= 15 is 0 Å². The van der Waals surface area contributed by atoms with Crippen LogP contribution in [0.15, 0.2) is 17.2 Å². The Morgan fingerprint density at radius 2 is 2.06 bits per heavy atom. The zero-order chi connectivity index (χ0) is 13.5. The van der Waals surface area contributed by atoms with Gasteiger partial charge in [-0.3, -0.25) is 9.36 Å². The number of hydrogen-bond acceptors (Lipinski definition) is 3. The van der Waals surface area contributed by atoms with Crippen LogP contribution in [-0.2, 0) is 5.54 Å². The third-order valence-corrected chi connectivity index (χ3v) is 2.75. The number of nitrogens with zero attached hydrogens (tertiary/aromatic N) is 4. The molecule has 5 nitrogen and oxygen atoms in total. The van der Waals surface area contributed by atoms with Gasteiger partial charge in [0.15, 0.2) is 0 Å². The first-order chi connectivity index (χ1) is 8.34. The summed E-state index contributed by atoms with van der Waals surface area (Å²) in [6.07, 6.45) is 1.49. The standard InChI is InChI=1S/C13H14N4O/c1-8-6-9(14-5)16-11-10(8)12(18)17(7-15-11)13(2,3)4/h6-7H,1-4H3. The molecule has 18 heavy (non-hydrogen) atoms. The van der Waals surface area contributed by atoms with E-state index in [9.17, 15) is 4.79 Å². The summed E-state index contributed by atoms with van der Waals surface area (Å²) in [5, 5.41) is 0.486. The van der Waals surface area contributed by atoms with Crippen molar-refractivity contribution in [3.05, 3.63) is 39.7 Å². The molecule has 0 spiro atoms. The van der Waals surface area contributed by atoms with Gasteiger partial charge in [0.1, 0.15) is 11.7 Å². The molecule has 5 heteroatoms. The Morgan fingerprint density at radius 3 is 2.61 bits per heavy atom. The van der Waals surface area contributed by atoms with Crippen LogP contribution in [0.5, 0.6) is 0 Å². The molecule has 0 saturated carbocycles. The lowest BCUT2D eigenvalue weighted by atomic mass is 10.1. The average Bonchev–Trinajstić information content (AvgIpc) is 2.26. The van der Waals surface area contributed by atoms with Crippen LogP contribution < -0.4 is 5.56 Å². The first-order valence-corrected chi connectivity index (χ1v) is 5.61. The van der Waals surface area contributed by atoms with E-state index in [1.807, 2.05) is 20.8 Å². The smallest absolute Gasteiger partial charge is 0.272 e. The fraction of sp³-hybridized carbons (Fsp3) is 0.385. The third-order valence-electron chi connectivity index (χ3n) is 2.75. The molecule has 92 valence electrons. The van der Waals surface area contributed by atoms with Crippen LogP contribution in [0.1, 0.15) is 26.3 Å². The Labute approximate surface area is 105 Å². The fourth-order valence-corrected chi connectivity index (χ4v) is 1.82. The van der Waals surface area contributed by atoms with Crippen LogP contribution in [-0.4, -0.2) is 14.5 Å². The number of pyridine rings is 1. The van der Waals surface area contributed by atoms with Gasteiger partial charge in [-0.25, -0.2) is 0 Å². The van der Waals surface area contributed by atoms with Gasteiger partial charge in [-0.15, -0.1) is 0 Å². The Hall–Kier alpha value is -2.22. The second-order valence-corrected chi connectivity index (χ2v) is 5.20. The lowest BCUT2D eigenvalue weighted by molar-refractivity contribution is 0.381. The molecular weight excluding hydrogens is 228 g/mol. The Kier molecular flexibility index (Phi) is 2.66. The molecule has 0 amide bonds. The summed E-state index contributed by atoms with van der Waals surface area (Å²) < 4.78 is 1.58. The number of aryl methyl sites for hydroxylation is 1. The van der Waals surface area contributed by atoms with E-state index in [-0.39, 0.29) is 16.9 Å².